The first-order valence-corrected chi connectivity index (χ1v) is 7.01. The molecule has 0 radical (unpaired) electrons. The van der Waals surface area contributed by atoms with E-state index >= 15 is 0 Å². The number of carbonyl (C=O) groups is 2. The minimum atomic E-state index is -1.60. The molecule has 2 rings (SSSR count). The summed E-state index contributed by atoms with van der Waals surface area (Å²) in [5.41, 5.74) is -1.38. The molecular weight excluding hydrogens is 300 g/mol. The molecule has 1 aromatic carbocycles. The Kier molecular flexibility index (Phi) is 4.59. The molecule has 0 aliphatic carbocycles. The molecule has 1 atom stereocenters. The number of esters is 1. The van der Waals surface area contributed by atoms with Crippen LogP contribution < -0.4 is 0 Å². The van der Waals surface area contributed by atoms with Crippen molar-refractivity contribution in [2.75, 3.05) is 6.61 Å². The van der Waals surface area contributed by atoms with Gasteiger partial charge in [0.1, 0.15) is 0 Å². The summed E-state index contributed by atoms with van der Waals surface area (Å²) in [7, 11) is 0. The van der Waals surface area contributed by atoms with E-state index in [1.54, 1.807) is 25.3 Å². The molecular formula is C16H16N2O5. The first kappa shape index (κ1) is 16.4. The molecule has 0 saturated heterocycles. The number of nitro benzene ring substituents is 1. The van der Waals surface area contributed by atoms with Crippen molar-refractivity contribution in [1.29, 1.82) is 0 Å². The van der Waals surface area contributed by atoms with Gasteiger partial charge in [-0.2, -0.15) is 0 Å². The van der Waals surface area contributed by atoms with Gasteiger partial charge in [-0.25, -0.2) is 0 Å². The molecule has 0 aliphatic rings. The molecule has 7 nitrogen and oxygen atoms in total. The molecule has 1 aromatic heterocycles. The molecule has 0 amide bonds. The number of hydrogen-bond acceptors (Lipinski definition) is 5. The zero-order valence-electron chi connectivity index (χ0n) is 12.7. The van der Waals surface area contributed by atoms with Gasteiger partial charge in [-0.3, -0.25) is 19.7 Å². The predicted molar refractivity (Wildman–Crippen MR) is 82.2 cm³/mol. The van der Waals surface area contributed by atoms with Gasteiger partial charge in [0.05, 0.1) is 11.5 Å². The van der Waals surface area contributed by atoms with Crippen molar-refractivity contribution in [3.63, 3.8) is 0 Å². The zero-order valence-corrected chi connectivity index (χ0v) is 12.7. The summed E-state index contributed by atoms with van der Waals surface area (Å²) in [6.45, 7) is 3.21. The van der Waals surface area contributed by atoms with Crippen LogP contribution in [-0.2, 0) is 14.9 Å². The average molecular weight is 316 g/mol. The Bertz CT molecular complexity index is 739. The Morgan fingerprint density at radius 2 is 2.04 bits per heavy atom. The lowest BCUT2D eigenvalue weighted by atomic mass is 9.79. The van der Waals surface area contributed by atoms with E-state index in [2.05, 4.69) is 4.98 Å². The first-order chi connectivity index (χ1) is 10.9. The quantitative estimate of drug-likeness (QED) is 0.290. The number of nitro groups is 1. The van der Waals surface area contributed by atoms with Crippen molar-refractivity contribution in [2.24, 2.45) is 0 Å². The van der Waals surface area contributed by atoms with E-state index in [1.165, 1.54) is 25.1 Å². The Morgan fingerprint density at radius 1 is 1.30 bits per heavy atom. The summed E-state index contributed by atoms with van der Waals surface area (Å²) in [6.07, 6.45) is 1.59. The summed E-state index contributed by atoms with van der Waals surface area (Å²) in [5, 5.41) is 10.9. The van der Waals surface area contributed by atoms with Crippen LogP contribution in [0.4, 0.5) is 5.69 Å². The fourth-order valence-electron chi connectivity index (χ4n) is 2.29. The lowest BCUT2D eigenvalue weighted by Gasteiger charge is -2.24. The van der Waals surface area contributed by atoms with Gasteiger partial charge < -0.3 is 9.72 Å². The number of aromatic nitrogens is 1. The molecule has 1 N–H and O–H groups in total. The van der Waals surface area contributed by atoms with Gasteiger partial charge in [0, 0.05) is 29.6 Å². The number of aromatic amines is 1. The van der Waals surface area contributed by atoms with E-state index in [4.69, 9.17) is 4.74 Å². The SMILES string of the molecule is CCOC(=O)C(C)(C(=O)c1cccc([N+](=O)[O-])c1)c1ccc[nH]1. The highest BCUT2D eigenvalue weighted by atomic mass is 16.6. The van der Waals surface area contributed by atoms with Crippen molar-refractivity contribution in [2.45, 2.75) is 19.3 Å². The minimum Gasteiger partial charge on any atom is -0.465 e. The molecule has 23 heavy (non-hydrogen) atoms. The maximum Gasteiger partial charge on any atom is 0.325 e. The minimum absolute atomic E-state index is 0.0735. The summed E-state index contributed by atoms with van der Waals surface area (Å²) < 4.78 is 5.04. The number of Topliss-reactive ketones (excluding diaryl/α,β-unsaturated/α-hetero) is 1. The summed E-state index contributed by atoms with van der Waals surface area (Å²) >= 11 is 0. The highest BCUT2D eigenvalue weighted by molar-refractivity contribution is 6.16. The number of benzene rings is 1. The van der Waals surface area contributed by atoms with Crippen molar-refractivity contribution < 1.29 is 19.2 Å². The molecule has 0 spiro atoms. The van der Waals surface area contributed by atoms with Crippen LogP contribution in [0.3, 0.4) is 0 Å². The second-order valence-corrected chi connectivity index (χ2v) is 5.07. The lowest BCUT2D eigenvalue weighted by Crippen LogP contribution is -2.42. The van der Waals surface area contributed by atoms with Crippen LogP contribution in [-0.4, -0.2) is 28.3 Å². The number of rotatable bonds is 6. The normalized spacial score (nSPS) is 13.1. The molecule has 0 bridgehead atoms. The van der Waals surface area contributed by atoms with Gasteiger partial charge in [-0.05, 0) is 26.0 Å². The van der Waals surface area contributed by atoms with Crippen LogP contribution in [0.5, 0.6) is 0 Å². The van der Waals surface area contributed by atoms with Crippen LogP contribution in [0, 0.1) is 10.1 Å². The van der Waals surface area contributed by atoms with E-state index in [-0.39, 0.29) is 17.9 Å². The van der Waals surface area contributed by atoms with Crippen molar-refractivity contribution in [1.82, 2.24) is 4.98 Å². The Hall–Kier alpha value is -2.96. The summed E-state index contributed by atoms with van der Waals surface area (Å²) in [4.78, 5) is 38.5. The third-order valence-corrected chi connectivity index (χ3v) is 3.59. The van der Waals surface area contributed by atoms with Gasteiger partial charge in [0.25, 0.3) is 5.69 Å². The van der Waals surface area contributed by atoms with Gasteiger partial charge in [-0.1, -0.05) is 12.1 Å². The standard InChI is InChI=1S/C16H16N2O5/c1-3-23-15(20)16(2,13-8-5-9-17-13)14(19)11-6-4-7-12(10-11)18(21)22/h4-10,17H,3H2,1-2H3. The summed E-state index contributed by atoms with van der Waals surface area (Å²) in [5.74, 6) is -1.28. The molecule has 1 unspecified atom stereocenters. The fourth-order valence-corrected chi connectivity index (χ4v) is 2.29. The Labute approximate surface area is 132 Å². The third kappa shape index (κ3) is 2.98. The van der Waals surface area contributed by atoms with Crippen LogP contribution in [0.1, 0.15) is 29.9 Å². The average Bonchev–Trinajstić information content (AvgIpc) is 3.08. The van der Waals surface area contributed by atoms with Crippen LogP contribution >= 0.6 is 0 Å². The maximum absolute atomic E-state index is 12.9. The highest BCUT2D eigenvalue weighted by Gasteiger charge is 2.45. The van der Waals surface area contributed by atoms with E-state index < -0.39 is 22.1 Å². The van der Waals surface area contributed by atoms with Crippen LogP contribution in [0.15, 0.2) is 42.6 Å². The number of ketones is 1. The molecule has 0 fully saturated rings. The van der Waals surface area contributed by atoms with E-state index in [0.717, 1.165) is 6.07 Å². The number of carbonyl (C=O) groups excluding carboxylic acids is 2. The Balaban J connectivity index is 2.52. The van der Waals surface area contributed by atoms with Crippen molar-refractivity contribution in [3.05, 3.63) is 64.0 Å². The molecule has 0 saturated carbocycles. The predicted octanol–water partition coefficient (Wildman–Crippen LogP) is 2.63. The molecule has 0 aliphatic heterocycles. The zero-order chi connectivity index (χ0) is 17.0. The topological polar surface area (TPSA) is 102 Å². The third-order valence-electron chi connectivity index (χ3n) is 3.59. The van der Waals surface area contributed by atoms with Gasteiger partial charge in [0.15, 0.2) is 11.2 Å². The smallest absolute Gasteiger partial charge is 0.325 e. The molecule has 1 heterocycles. The van der Waals surface area contributed by atoms with Crippen molar-refractivity contribution in [3.8, 4) is 0 Å². The van der Waals surface area contributed by atoms with Crippen LogP contribution in [0.25, 0.3) is 0 Å². The fraction of sp³-hybridized carbons (Fsp3) is 0.250. The number of nitrogens with one attached hydrogen (secondary N) is 1. The lowest BCUT2D eigenvalue weighted by molar-refractivity contribution is -0.384. The number of H-pyrrole nitrogens is 1. The second-order valence-electron chi connectivity index (χ2n) is 5.07. The largest absolute Gasteiger partial charge is 0.465 e. The number of non-ortho nitro benzene ring substituents is 1. The maximum atomic E-state index is 12.9. The van der Waals surface area contributed by atoms with E-state index in [0.29, 0.717) is 5.69 Å². The molecule has 120 valence electrons. The van der Waals surface area contributed by atoms with Crippen LogP contribution in [0.2, 0.25) is 0 Å². The van der Waals surface area contributed by atoms with Gasteiger partial charge >= 0.3 is 5.97 Å². The number of hydrogen-bond donors (Lipinski definition) is 1. The monoisotopic (exact) mass is 316 g/mol. The first-order valence-electron chi connectivity index (χ1n) is 7.01. The van der Waals surface area contributed by atoms with E-state index in [1.807, 2.05) is 0 Å². The number of nitrogens with zero attached hydrogens (tertiary/aromatic N) is 1. The number of ether oxygens (including phenoxy) is 1. The Morgan fingerprint density at radius 3 is 2.61 bits per heavy atom. The molecule has 2 aromatic rings. The van der Waals surface area contributed by atoms with Gasteiger partial charge in [-0.15, -0.1) is 0 Å². The van der Waals surface area contributed by atoms with Gasteiger partial charge in [0.2, 0.25) is 0 Å². The van der Waals surface area contributed by atoms with E-state index in [9.17, 15) is 19.7 Å². The second kappa shape index (κ2) is 6.43. The molecule has 7 heteroatoms. The van der Waals surface area contributed by atoms with Crippen molar-refractivity contribution >= 4 is 17.4 Å². The summed E-state index contributed by atoms with van der Waals surface area (Å²) in [6, 6.07) is 8.55. The highest BCUT2D eigenvalue weighted by Crippen LogP contribution is 2.30.